The smallest absolute Gasteiger partial charge is 0.358 e. The van der Waals surface area contributed by atoms with Crippen LogP contribution in [0, 0.1) is 0 Å². The van der Waals surface area contributed by atoms with Gasteiger partial charge < -0.3 is 9.63 Å². The van der Waals surface area contributed by atoms with Crippen LogP contribution in [0.3, 0.4) is 0 Å². The Labute approximate surface area is 110 Å². The predicted molar refractivity (Wildman–Crippen MR) is 67.7 cm³/mol. The van der Waals surface area contributed by atoms with Crippen LogP contribution in [0.1, 0.15) is 21.8 Å². The Morgan fingerprint density at radius 1 is 1.42 bits per heavy atom. The van der Waals surface area contributed by atoms with Gasteiger partial charge in [-0.2, -0.15) is 0 Å². The van der Waals surface area contributed by atoms with E-state index in [1.807, 2.05) is 24.1 Å². The normalized spacial score (nSPS) is 10.8. The number of aromatic nitrogens is 2. The number of rotatable bonds is 6. The van der Waals surface area contributed by atoms with E-state index in [0.29, 0.717) is 12.3 Å². The van der Waals surface area contributed by atoms with Crippen molar-refractivity contribution >= 4 is 5.97 Å². The molecule has 0 bridgehead atoms. The Hall–Kier alpha value is -2.21. The van der Waals surface area contributed by atoms with Gasteiger partial charge in [-0.25, -0.2) is 4.79 Å². The Morgan fingerprint density at radius 3 is 2.79 bits per heavy atom. The highest BCUT2D eigenvalue weighted by Crippen LogP contribution is 2.07. The van der Waals surface area contributed by atoms with Crippen molar-refractivity contribution in [1.29, 1.82) is 0 Å². The molecule has 2 aromatic rings. The van der Waals surface area contributed by atoms with Crippen LogP contribution in [0.4, 0.5) is 0 Å². The maximum atomic E-state index is 10.7. The van der Waals surface area contributed by atoms with E-state index < -0.39 is 5.97 Å². The van der Waals surface area contributed by atoms with Gasteiger partial charge in [0.05, 0.1) is 6.54 Å². The molecule has 100 valence electrons. The molecule has 0 unspecified atom stereocenters. The van der Waals surface area contributed by atoms with Gasteiger partial charge >= 0.3 is 5.97 Å². The minimum atomic E-state index is -1.07. The van der Waals surface area contributed by atoms with Crippen molar-refractivity contribution < 1.29 is 14.4 Å². The molecular weight excluding hydrogens is 246 g/mol. The van der Waals surface area contributed by atoms with E-state index in [0.717, 1.165) is 13.0 Å². The first kappa shape index (κ1) is 13.2. The van der Waals surface area contributed by atoms with Crippen LogP contribution in [-0.4, -0.2) is 39.7 Å². The molecule has 6 nitrogen and oxygen atoms in total. The molecule has 0 atom stereocenters. The molecule has 0 spiro atoms. The van der Waals surface area contributed by atoms with Crippen LogP contribution >= 0.6 is 0 Å². The Morgan fingerprint density at radius 2 is 2.16 bits per heavy atom. The number of carboxylic acid groups (broad SMARTS) is 1. The van der Waals surface area contributed by atoms with E-state index in [-0.39, 0.29) is 5.69 Å². The number of hydrogen-bond donors (Lipinski definition) is 1. The number of carbonyl (C=O) groups is 1. The first-order valence-corrected chi connectivity index (χ1v) is 5.91. The fourth-order valence-electron chi connectivity index (χ4n) is 1.70. The molecule has 0 saturated carbocycles. The molecular formula is C13H15N3O3. The summed E-state index contributed by atoms with van der Waals surface area (Å²) in [5.74, 6) is -0.524. The molecule has 0 radical (unpaired) electrons. The minimum Gasteiger partial charge on any atom is -0.476 e. The number of aromatic carboxylic acids is 1. The first-order valence-electron chi connectivity index (χ1n) is 5.91. The average Bonchev–Trinajstić information content (AvgIpc) is 2.86. The largest absolute Gasteiger partial charge is 0.476 e. The van der Waals surface area contributed by atoms with E-state index in [1.165, 1.54) is 11.6 Å². The van der Waals surface area contributed by atoms with Gasteiger partial charge in [-0.3, -0.25) is 9.88 Å². The molecule has 1 N–H and O–H groups in total. The zero-order valence-corrected chi connectivity index (χ0v) is 10.6. The molecule has 0 aromatic carbocycles. The second-order valence-corrected chi connectivity index (χ2v) is 4.33. The van der Waals surface area contributed by atoms with Crippen molar-refractivity contribution in [2.24, 2.45) is 0 Å². The van der Waals surface area contributed by atoms with Gasteiger partial charge in [0.25, 0.3) is 0 Å². The number of likely N-dealkylation sites (N-methyl/N-ethyl adjacent to an activating group) is 1. The van der Waals surface area contributed by atoms with Gasteiger partial charge in [-0.1, -0.05) is 5.16 Å². The van der Waals surface area contributed by atoms with Crippen LogP contribution in [-0.2, 0) is 13.0 Å². The van der Waals surface area contributed by atoms with Gasteiger partial charge in [0.1, 0.15) is 0 Å². The summed E-state index contributed by atoms with van der Waals surface area (Å²) in [6.45, 7) is 1.37. The second-order valence-electron chi connectivity index (χ2n) is 4.33. The standard InChI is InChI=1S/C13H15N3O3/c1-16(7-4-10-2-5-14-6-3-10)9-11-8-12(13(17)18)15-19-11/h2-3,5-6,8H,4,7,9H2,1H3,(H,17,18). The monoisotopic (exact) mass is 261 g/mol. The van der Waals surface area contributed by atoms with E-state index in [2.05, 4.69) is 10.1 Å². The van der Waals surface area contributed by atoms with Crippen LogP contribution in [0.5, 0.6) is 0 Å². The summed E-state index contributed by atoms with van der Waals surface area (Å²) in [6.07, 6.45) is 4.44. The summed E-state index contributed by atoms with van der Waals surface area (Å²) in [5, 5.41) is 12.2. The maximum Gasteiger partial charge on any atom is 0.358 e. The summed E-state index contributed by atoms with van der Waals surface area (Å²) >= 11 is 0. The molecule has 19 heavy (non-hydrogen) atoms. The molecule has 0 aliphatic heterocycles. The molecule has 0 amide bonds. The molecule has 2 heterocycles. The number of hydrogen-bond acceptors (Lipinski definition) is 5. The average molecular weight is 261 g/mol. The van der Waals surface area contributed by atoms with Crippen LogP contribution in [0.15, 0.2) is 35.1 Å². The number of pyridine rings is 1. The minimum absolute atomic E-state index is 0.0578. The Kier molecular flexibility index (Phi) is 4.25. The summed E-state index contributed by atoms with van der Waals surface area (Å²) in [6, 6.07) is 5.40. The highest BCUT2D eigenvalue weighted by molar-refractivity contribution is 5.85. The second kappa shape index (κ2) is 6.10. The fourth-order valence-corrected chi connectivity index (χ4v) is 1.70. The number of carboxylic acids is 1. The van der Waals surface area contributed by atoms with E-state index in [1.54, 1.807) is 12.4 Å². The molecule has 0 saturated heterocycles. The van der Waals surface area contributed by atoms with E-state index in [4.69, 9.17) is 9.63 Å². The Bertz CT molecular complexity index is 539. The molecule has 2 aromatic heterocycles. The van der Waals surface area contributed by atoms with Gasteiger partial charge in [-0.05, 0) is 31.2 Å². The predicted octanol–water partition coefficient (Wildman–Crippen LogP) is 1.44. The molecule has 2 rings (SSSR count). The molecule has 0 fully saturated rings. The lowest BCUT2D eigenvalue weighted by atomic mass is 10.2. The third-order valence-corrected chi connectivity index (χ3v) is 2.74. The molecule has 0 aliphatic carbocycles. The van der Waals surface area contributed by atoms with Gasteiger partial charge in [0.2, 0.25) is 0 Å². The lowest BCUT2D eigenvalue weighted by Gasteiger charge is -2.14. The third kappa shape index (κ3) is 3.89. The van der Waals surface area contributed by atoms with Crippen molar-refractivity contribution in [3.8, 4) is 0 Å². The van der Waals surface area contributed by atoms with Crippen molar-refractivity contribution in [2.75, 3.05) is 13.6 Å². The highest BCUT2D eigenvalue weighted by Gasteiger charge is 2.12. The first-order chi connectivity index (χ1) is 9.15. The van der Waals surface area contributed by atoms with E-state index in [9.17, 15) is 4.79 Å². The zero-order valence-electron chi connectivity index (χ0n) is 10.6. The Balaban J connectivity index is 1.83. The van der Waals surface area contributed by atoms with Crippen molar-refractivity contribution in [3.63, 3.8) is 0 Å². The van der Waals surface area contributed by atoms with Crippen LogP contribution in [0.2, 0.25) is 0 Å². The highest BCUT2D eigenvalue weighted by atomic mass is 16.5. The van der Waals surface area contributed by atoms with Crippen LogP contribution < -0.4 is 0 Å². The number of nitrogens with zero attached hydrogens (tertiary/aromatic N) is 3. The summed E-state index contributed by atoms with van der Waals surface area (Å²) < 4.78 is 4.97. The summed E-state index contributed by atoms with van der Waals surface area (Å²) in [7, 11) is 1.95. The van der Waals surface area contributed by atoms with Gasteiger partial charge in [0.15, 0.2) is 11.5 Å². The van der Waals surface area contributed by atoms with Crippen molar-refractivity contribution in [3.05, 3.63) is 47.6 Å². The van der Waals surface area contributed by atoms with Gasteiger partial charge in [0, 0.05) is 25.0 Å². The van der Waals surface area contributed by atoms with Crippen molar-refractivity contribution in [1.82, 2.24) is 15.0 Å². The quantitative estimate of drug-likeness (QED) is 0.847. The SMILES string of the molecule is CN(CCc1ccncc1)Cc1cc(C(=O)O)no1. The molecule has 6 heteroatoms. The summed E-state index contributed by atoms with van der Waals surface area (Å²) in [5.41, 5.74) is 1.16. The zero-order chi connectivity index (χ0) is 13.7. The summed E-state index contributed by atoms with van der Waals surface area (Å²) in [4.78, 5) is 16.7. The van der Waals surface area contributed by atoms with Gasteiger partial charge in [-0.15, -0.1) is 0 Å². The maximum absolute atomic E-state index is 10.7. The fraction of sp³-hybridized carbons (Fsp3) is 0.308. The molecule has 0 aliphatic rings. The third-order valence-electron chi connectivity index (χ3n) is 2.74. The van der Waals surface area contributed by atoms with E-state index >= 15 is 0 Å². The lowest BCUT2D eigenvalue weighted by molar-refractivity contribution is 0.0685. The topological polar surface area (TPSA) is 79.5 Å². The lowest BCUT2D eigenvalue weighted by Crippen LogP contribution is -2.20. The van der Waals surface area contributed by atoms with Crippen molar-refractivity contribution in [2.45, 2.75) is 13.0 Å². The van der Waals surface area contributed by atoms with Crippen LogP contribution in [0.25, 0.3) is 0 Å².